The molecule has 1 rings (SSSR count). The lowest BCUT2D eigenvalue weighted by atomic mass is 10.1. The van der Waals surface area contributed by atoms with E-state index in [-0.39, 0.29) is 17.9 Å². The maximum absolute atomic E-state index is 12.3. The van der Waals surface area contributed by atoms with Crippen molar-refractivity contribution >= 4 is 23.6 Å². The largest absolute Gasteiger partial charge is 0.385 e. The number of piperazine rings is 1. The first-order valence-electron chi connectivity index (χ1n) is 8.55. The molecule has 1 unspecified atom stereocenters. The van der Waals surface area contributed by atoms with Gasteiger partial charge in [-0.15, -0.1) is 0 Å². The Morgan fingerprint density at radius 1 is 1.29 bits per heavy atom. The zero-order valence-corrected chi connectivity index (χ0v) is 15.9. The van der Waals surface area contributed by atoms with Crippen LogP contribution in [0.4, 0.5) is 0 Å². The standard InChI is InChI=1S/C16H32N4O3S/c1-13(15(21)18-6-4-11-23-2)19-7-9-20(10-8-19)16(22)14(17)5-12-24-3/h13-14H,4-12,17H2,1-3H3,(H,18,21)/t13?,14-/m0/s1. The highest BCUT2D eigenvalue weighted by molar-refractivity contribution is 7.98. The van der Waals surface area contributed by atoms with E-state index < -0.39 is 6.04 Å². The molecular weight excluding hydrogens is 328 g/mol. The number of carbonyl (C=O) groups excluding carboxylic acids is 2. The summed E-state index contributed by atoms with van der Waals surface area (Å²) in [6.45, 7) is 5.85. The highest BCUT2D eigenvalue weighted by atomic mass is 32.2. The highest BCUT2D eigenvalue weighted by Gasteiger charge is 2.29. The Labute approximate surface area is 149 Å². The number of methoxy groups -OCH3 is 1. The Balaban J connectivity index is 2.33. The summed E-state index contributed by atoms with van der Waals surface area (Å²) in [5.41, 5.74) is 5.96. The predicted octanol–water partition coefficient (Wildman–Crippen LogP) is -0.248. The maximum Gasteiger partial charge on any atom is 0.239 e. The predicted molar refractivity (Wildman–Crippen MR) is 98.1 cm³/mol. The van der Waals surface area contributed by atoms with Gasteiger partial charge in [-0.25, -0.2) is 0 Å². The third-order valence-electron chi connectivity index (χ3n) is 4.33. The first-order valence-corrected chi connectivity index (χ1v) is 9.94. The Kier molecular flexibility index (Phi) is 10.3. The van der Waals surface area contributed by atoms with Gasteiger partial charge in [0.25, 0.3) is 0 Å². The minimum absolute atomic E-state index is 0.0281. The quantitative estimate of drug-likeness (QED) is 0.523. The molecule has 0 aromatic rings. The number of ether oxygens (including phenoxy) is 1. The van der Waals surface area contributed by atoms with Crippen LogP contribution in [0, 0.1) is 0 Å². The molecule has 0 aromatic heterocycles. The number of amides is 2. The number of nitrogens with two attached hydrogens (primary N) is 1. The van der Waals surface area contributed by atoms with Crippen LogP contribution in [0.15, 0.2) is 0 Å². The van der Waals surface area contributed by atoms with Gasteiger partial charge >= 0.3 is 0 Å². The van der Waals surface area contributed by atoms with Gasteiger partial charge in [-0.2, -0.15) is 11.8 Å². The van der Waals surface area contributed by atoms with Crippen molar-refractivity contribution in [2.75, 3.05) is 58.4 Å². The van der Waals surface area contributed by atoms with Crippen molar-refractivity contribution in [3.63, 3.8) is 0 Å². The molecule has 0 bridgehead atoms. The summed E-state index contributed by atoms with van der Waals surface area (Å²) in [5.74, 6) is 0.954. The average molecular weight is 361 g/mol. The summed E-state index contributed by atoms with van der Waals surface area (Å²) in [4.78, 5) is 28.4. The summed E-state index contributed by atoms with van der Waals surface area (Å²) >= 11 is 1.70. The van der Waals surface area contributed by atoms with Crippen LogP contribution in [-0.2, 0) is 14.3 Å². The second-order valence-corrected chi connectivity index (χ2v) is 7.05. The zero-order valence-electron chi connectivity index (χ0n) is 15.1. The van der Waals surface area contributed by atoms with Gasteiger partial charge < -0.3 is 20.7 Å². The maximum atomic E-state index is 12.3. The first-order chi connectivity index (χ1) is 11.5. The molecule has 1 aliphatic rings. The number of nitrogens with one attached hydrogen (secondary N) is 1. The molecule has 8 heteroatoms. The number of carbonyl (C=O) groups is 2. The topological polar surface area (TPSA) is 87.9 Å². The van der Waals surface area contributed by atoms with Gasteiger partial charge in [0.2, 0.25) is 11.8 Å². The SMILES string of the molecule is COCCCNC(=O)C(C)N1CCN(C(=O)[C@@H](N)CCSC)CC1. The van der Waals surface area contributed by atoms with Gasteiger partial charge in [-0.05, 0) is 31.8 Å². The molecular formula is C16H32N4O3S. The van der Waals surface area contributed by atoms with Crippen molar-refractivity contribution in [2.45, 2.75) is 31.8 Å². The highest BCUT2D eigenvalue weighted by Crippen LogP contribution is 2.09. The number of hydrogen-bond acceptors (Lipinski definition) is 6. The summed E-state index contributed by atoms with van der Waals surface area (Å²) in [6, 6.07) is -0.597. The molecule has 24 heavy (non-hydrogen) atoms. The summed E-state index contributed by atoms with van der Waals surface area (Å²) in [6.07, 6.45) is 3.53. The van der Waals surface area contributed by atoms with Crippen LogP contribution < -0.4 is 11.1 Å². The van der Waals surface area contributed by atoms with Crippen molar-refractivity contribution in [1.82, 2.24) is 15.1 Å². The number of rotatable bonds is 10. The zero-order chi connectivity index (χ0) is 17.9. The summed E-state index contributed by atoms with van der Waals surface area (Å²) in [5, 5.41) is 2.93. The van der Waals surface area contributed by atoms with Crippen LogP contribution in [0.1, 0.15) is 19.8 Å². The fourth-order valence-electron chi connectivity index (χ4n) is 2.67. The van der Waals surface area contributed by atoms with Gasteiger partial charge in [-0.1, -0.05) is 0 Å². The normalized spacial score (nSPS) is 18.2. The van der Waals surface area contributed by atoms with Crippen molar-refractivity contribution in [2.24, 2.45) is 5.73 Å². The fourth-order valence-corrected chi connectivity index (χ4v) is 3.16. The Bertz CT molecular complexity index is 390. The van der Waals surface area contributed by atoms with Crippen LogP contribution in [0.25, 0.3) is 0 Å². The van der Waals surface area contributed by atoms with Crippen molar-refractivity contribution in [3.8, 4) is 0 Å². The molecule has 3 N–H and O–H groups in total. The Morgan fingerprint density at radius 2 is 1.96 bits per heavy atom. The van der Waals surface area contributed by atoms with Gasteiger partial charge in [0.1, 0.15) is 0 Å². The first kappa shape index (κ1) is 21.2. The summed E-state index contributed by atoms with van der Waals surface area (Å²) in [7, 11) is 1.65. The van der Waals surface area contributed by atoms with Crippen molar-refractivity contribution < 1.29 is 14.3 Å². The molecule has 2 atom stereocenters. The van der Waals surface area contributed by atoms with E-state index >= 15 is 0 Å². The smallest absolute Gasteiger partial charge is 0.239 e. The van der Waals surface area contributed by atoms with Crippen molar-refractivity contribution in [1.29, 1.82) is 0 Å². The van der Waals surface area contributed by atoms with E-state index in [9.17, 15) is 9.59 Å². The lowest BCUT2D eigenvalue weighted by Crippen LogP contribution is -2.57. The van der Waals surface area contributed by atoms with Crippen LogP contribution in [0.2, 0.25) is 0 Å². The van der Waals surface area contributed by atoms with Crippen LogP contribution in [0.3, 0.4) is 0 Å². The molecule has 0 aromatic carbocycles. The van der Waals surface area contributed by atoms with Crippen molar-refractivity contribution in [3.05, 3.63) is 0 Å². The monoisotopic (exact) mass is 360 g/mol. The van der Waals surface area contributed by atoms with Gasteiger partial charge in [0, 0.05) is 46.4 Å². The second kappa shape index (κ2) is 11.7. The molecule has 2 amide bonds. The molecule has 1 aliphatic heterocycles. The van der Waals surface area contributed by atoms with Crippen LogP contribution in [0.5, 0.6) is 0 Å². The lowest BCUT2D eigenvalue weighted by molar-refractivity contribution is -0.135. The third-order valence-corrected chi connectivity index (χ3v) is 4.97. The van der Waals surface area contributed by atoms with E-state index in [1.165, 1.54) is 0 Å². The number of thioether (sulfide) groups is 1. The summed E-state index contributed by atoms with van der Waals surface area (Å²) < 4.78 is 4.97. The van der Waals surface area contributed by atoms with E-state index in [2.05, 4.69) is 10.2 Å². The second-order valence-electron chi connectivity index (χ2n) is 6.06. The van der Waals surface area contributed by atoms with Crippen LogP contribution in [-0.4, -0.2) is 92.1 Å². The molecule has 0 aliphatic carbocycles. The van der Waals surface area contributed by atoms with E-state index in [0.29, 0.717) is 45.8 Å². The number of hydrogen-bond donors (Lipinski definition) is 2. The molecule has 1 saturated heterocycles. The van der Waals surface area contributed by atoms with E-state index in [4.69, 9.17) is 10.5 Å². The minimum atomic E-state index is -0.412. The van der Waals surface area contributed by atoms with E-state index in [1.54, 1.807) is 18.9 Å². The average Bonchev–Trinajstić information content (AvgIpc) is 2.61. The van der Waals surface area contributed by atoms with E-state index in [0.717, 1.165) is 12.2 Å². The minimum Gasteiger partial charge on any atom is -0.385 e. The fraction of sp³-hybridized carbons (Fsp3) is 0.875. The number of nitrogens with zero attached hydrogens (tertiary/aromatic N) is 2. The molecule has 7 nitrogen and oxygen atoms in total. The van der Waals surface area contributed by atoms with Crippen LogP contribution >= 0.6 is 11.8 Å². The van der Waals surface area contributed by atoms with Gasteiger partial charge in [0.15, 0.2) is 0 Å². The lowest BCUT2D eigenvalue weighted by Gasteiger charge is -2.38. The Morgan fingerprint density at radius 3 is 2.54 bits per heavy atom. The molecule has 1 heterocycles. The Hall–Kier alpha value is -0.830. The molecule has 0 spiro atoms. The molecule has 1 fully saturated rings. The van der Waals surface area contributed by atoms with E-state index in [1.807, 2.05) is 18.1 Å². The molecule has 140 valence electrons. The van der Waals surface area contributed by atoms with Gasteiger partial charge in [0.05, 0.1) is 12.1 Å². The van der Waals surface area contributed by atoms with Gasteiger partial charge in [-0.3, -0.25) is 14.5 Å². The molecule has 0 radical (unpaired) electrons. The molecule has 0 saturated carbocycles. The third kappa shape index (κ3) is 6.96.